The lowest BCUT2D eigenvalue weighted by atomic mass is 10.2. The molecule has 9 heteroatoms. The molecule has 160 valence electrons. The van der Waals surface area contributed by atoms with Gasteiger partial charge in [0.2, 0.25) is 5.95 Å². The Labute approximate surface area is 168 Å². The van der Waals surface area contributed by atoms with E-state index in [0.29, 0.717) is 11.9 Å². The van der Waals surface area contributed by atoms with Crippen LogP contribution in [0.2, 0.25) is 0 Å². The third-order valence-corrected chi connectivity index (χ3v) is 3.91. The third kappa shape index (κ3) is 7.97. The van der Waals surface area contributed by atoms with E-state index in [0.717, 1.165) is 18.6 Å². The fourth-order valence-electron chi connectivity index (χ4n) is 2.17. The number of H-pyrrole nitrogens is 1. The fourth-order valence-corrected chi connectivity index (χ4v) is 2.17. The van der Waals surface area contributed by atoms with Gasteiger partial charge in [0.15, 0.2) is 0 Å². The van der Waals surface area contributed by atoms with Gasteiger partial charge in [0.1, 0.15) is 5.69 Å². The monoisotopic (exact) mass is 412 g/mol. The van der Waals surface area contributed by atoms with Gasteiger partial charge in [-0.15, -0.1) is 0 Å². The van der Waals surface area contributed by atoms with E-state index in [2.05, 4.69) is 22.2 Å². The van der Waals surface area contributed by atoms with Gasteiger partial charge in [-0.3, -0.25) is 14.6 Å². The maximum Gasteiger partial charge on any atom is 0.416 e. The van der Waals surface area contributed by atoms with Crippen LogP contribution in [0.25, 0.3) is 0 Å². The summed E-state index contributed by atoms with van der Waals surface area (Å²) in [5.74, 6) is 0.620. The predicted molar refractivity (Wildman–Crippen MR) is 107 cm³/mol. The van der Waals surface area contributed by atoms with E-state index in [4.69, 9.17) is 0 Å². The van der Waals surface area contributed by atoms with Crippen LogP contribution in [0.3, 0.4) is 0 Å². The predicted octanol–water partition coefficient (Wildman–Crippen LogP) is 3.71. The highest BCUT2D eigenvalue weighted by Gasteiger charge is 2.34. The van der Waals surface area contributed by atoms with Crippen LogP contribution >= 0.6 is 0 Å². The number of hydrogen-bond acceptors (Lipinski definition) is 4. The van der Waals surface area contributed by atoms with E-state index in [-0.39, 0.29) is 23.2 Å². The standard InChI is InChI=1S/C11H16N4O2.C7H5F3.C2H6/c1-6-4-7(6)12-10(17)8-5-9(16)14-11(13-8)15(2)3;8-7(9,10)6-4-2-1-3-5-6;1-2/h5-7H,4H2,1-3H3,(H,12,17)(H,13,14,16);1-5H;1-2H3/t6-,7+;;/m0../s1. The van der Waals surface area contributed by atoms with Crippen molar-refractivity contribution in [3.05, 3.63) is 58.0 Å². The number of alkyl halides is 3. The van der Waals surface area contributed by atoms with E-state index in [1.807, 2.05) is 13.8 Å². The van der Waals surface area contributed by atoms with Crippen LogP contribution in [-0.4, -0.2) is 36.0 Å². The number of carbonyl (C=O) groups excluding carboxylic acids is 1. The Bertz CT molecular complexity index is 836. The minimum absolute atomic E-state index is 0.163. The zero-order valence-electron chi connectivity index (χ0n) is 17.2. The molecule has 1 amide bonds. The molecule has 2 atom stereocenters. The second kappa shape index (κ2) is 10.6. The van der Waals surface area contributed by atoms with Crippen molar-refractivity contribution in [3.63, 3.8) is 0 Å². The first-order valence-corrected chi connectivity index (χ1v) is 9.29. The second-order valence-corrected chi connectivity index (χ2v) is 6.51. The van der Waals surface area contributed by atoms with Crippen molar-refractivity contribution in [1.29, 1.82) is 0 Å². The van der Waals surface area contributed by atoms with Crippen molar-refractivity contribution in [2.45, 2.75) is 39.4 Å². The Morgan fingerprint density at radius 2 is 1.76 bits per heavy atom. The molecule has 1 aliphatic carbocycles. The Kier molecular flexibility index (Phi) is 8.87. The van der Waals surface area contributed by atoms with Gasteiger partial charge in [-0.25, -0.2) is 4.98 Å². The normalized spacial score (nSPS) is 17.1. The average Bonchev–Trinajstić information content (AvgIpc) is 3.37. The van der Waals surface area contributed by atoms with Crippen molar-refractivity contribution < 1.29 is 18.0 Å². The van der Waals surface area contributed by atoms with Gasteiger partial charge in [-0.1, -0.05) is 51.1 Å². The molecule has 3 rings (SSSR count). The summed E-state index contributed by atoms with van der Waals surface area (Å²) in [6, 6.07) is 7.81. The lowest BCUT2D eigenvalue weighted by Crippen LogP contribution is -2.30. The molecular weight excluding hydrogens is 385 g/mol. The number of carbonyl (C=O) groups is 1. The number of rotatable bonds is 3. The summed E-state index contributed by atoms with van der Waals surface area (Å²) in [4.78, 5) is 31.5. The number of aromatic nitrogens is 2. The molecule has 2 N–H and O–H groups in total. The second-order valence-electron chi connectivity index (χ2n) is 6.51. The summed E-state index contributed by atoms with van der Waals surface area (Å²) in [6.45, 7) is 6.07. The lowest BCUT2D eigenvalue weighted by Gasteiger charge is -2.11. The number of hydrogen-bond donors (Lipinski definition) is 2. The van der Waals surface area contributed by atoms with Crippen molar-refractivity contribution in [3.8, 4) is 0 Å². The molecule has 0 saturated heterocycles. The summed E-state index contributed by atoms with van der Waals surface area (Å²) in [5.41, 5.74) is -0.760. The number of anilines is 1. The number of nitrogens with zero attached hydrogens (tertiary/aromatic N) is 2. The van der Waals surface area contributed by atoms with Gasteiger partial charge >= 0.3 is 6.18 Å². The number of amides is 1. The number of benzene rings is 1. The molecule has 0 bridgehead atoms. The topological polar surface area (TPSA) is 78.1 Å². The van der Waals surface area contributed by atoms with Crippen LogP contribution < -0.4 is 15.8 Å². The average molecular weight is 412 g/mol. The highest BCUT2D eigenvalue weighted by atomic mass is 19.4. The molecule has 1 aromatic heterocycles. The van der Waals surface area contributed by atoms with Gasteiger partial charge in [0.25, 0.3) is 11.5 Å². The van der Waals surface area contributed by atoms with E-state index in [1.165, 1.54) is 18.2 Å². The maximum atomic E-state index is 11.8. The molecule has 0 unspecified atom stereocenters. The van der Waals surface area contributed by atoms with Crippen LogP contribution in [0.5, 0.6) is 0 Å². The van der Waals surface area contributed by atoms with Gasteiger partial charge in [-0.05, 0) is 12.3 Å². The van der Waals surface area contributed by atoms with Crippen molar-refractivity contribution in [1.82, 2.24) is 15.3 Å². The van der Waals surface area contributed by atoms with Crippen molar-refractivity contribution in [2.75, 3.05) is 19.0 Å². The molecule has 29 heavy (non-hydrogen) atoms. The summed E-state index contributed by atoms with van der Waals surface area (Å²) >= 11 is 0. The van der Waals surface area contributed by atoms with Crippen LogP contribution in [0.1, 0.15) is 43.2 Å². The van der Waals surface area contributed by atoms with Crippen LogP contribution in [0, 0.1) is 5.92 Å². The highest BCUT2D eigenvalue weighted by Crippen LogP contribution is 2.29. The van der Waals surface area contributed by atoms with Crippen LogP contribution in [0.4, 0.5) is 19.1 Å². The molecule has 1 fully saturated rings. The van der Waals surface area contributed by atoms with E-state index < -0.39 is 11.7 Å². The molecule has 6 nitrogen and oxygen atoms in total. The first-order chi connectivity index (χ1) is 13.6. The minimum atomic E-state index is -4.21. The SMILES string of the molecule is CC.C[C@H]1C[C@H]1NC(=O)c1cc(=O)[nH]c(N(C)C)n1.FC(F)(F)c1ccccc1. The summed E-state index contributed by atoms with van der Waals surface area (Å²) < 4.78 is 35.4. The Hall–Kier alpha value is -2.84. The van der Waals surface area contributed by atoms with Crippen LogP contribution in [0.15, 0.2) is 41.2 Å². The molecule has 1 saturated carbocycles. The molecule has 2 aromatic rings. The maximum absolute atomic E-state index is 11.8. The van der Waals surface area contributed by atoms with Crippen molar-refractivity contribution in [2.24, 2.45) is 5.92 Å². The molecule has 0 aliphatic heterocycles. The zero-order chi connectivity index (χ0) is 22.2. The lowest BCUT2D eigenvalue weighted by molar-refractivity contribution is -0.137. The summed E-state index contributed by atoms with van der Waals surface area (Å²) in [6.07, 6.45) is -3.21. The first kappa shape index (κ1) is 24.2. The van der Waals surface area contributed by atoms with Gasteiger partial charge in [0.05, 0.1) is 5.56 Å². The van der Waals surface area contributed by atoms with E-state index in [1.54, 1.807) is 25.1 Å². The molecule has 1 heterocycles. The Balaban J connectivity index is 0.000000299. The first-order valence-electron chi connectivity index (χ1n) is 9.29. The molecular formula is C20H27F3N4O2. The Morgan fingerprint density at radius 3 is 2.17 bits per heavy atom. The fraction of sp³-hybridized carbons (Fsp3) is 0.450. The summed E-state index contributed by atoms with van der Waals surface area (Å²) in [7, 11) is 3.51. The molecule has 1 aromatic carbocycles. The minimum Gasteiger partial charge on any atom is -0.348 e. The number of aromatic amines is 1. The summed E-state index contributed by atoms with van der Waals surface area (Å²) in [5, 5.41) is 2.84. The molecule has 1 aliphatic rings. The van der Waals surface area contributed by atoms with Gasteiger partial charge in [0, 0.05) is 26.2 Å². The van der Waals surface area contributed by atoms with Crippen molar-refractivity contribution >= 4 is 11.9 Å². The zero-order valence-corrected chi connectivity index (χ0v) is 17.2. The number of nitrogens with one attached hydrogen (secondary N) is 2. The van der Waals surface area contributed by atoms with Gasteiger partial charge in [-0.2, -0.15) is 13.2 Å². The third-order valence-electron chi connectivity index (χ3n) is 3.91. The Morgan fingerprint density at radius 1 is 1.21 bits per heavy atom. The molecule has 0 spiro atoms. The highest BCUT2D eigenvalue weighted by molar-refractivity contribution is 5.92. The van der Waals surface area contributed by atoms with Gasteiger partial charge < -0.3 is 10.2 Å². The smallest absolute Gasteiger partial charge is 0.348 e. The molecule has 0 radical (unpaired) electrons. The van der Waals surface area contributed by atoms with E-state index in [9.17, 15) is 22.8 Å². The largest absolute Gasteiger partial charge is 0.416 e. The number of halogens is 3. The van der Waals surface area contributed by atoms with E-state index >= 15 is 0 Å². The van der Waals surface area contributed by atoms with Crippen LogP contribution in [-0.2, 0) is 6.18 Å². The quantitative estimate of drug-likeness (QED) is 0.806.